The molecule has 3 aromatic rings. The van der Waals surface area contributed by atoms with Gasteiger partial charge in [-0.1, -0.05) is 11.6 Å². The van der Waals surface area contributed by atoms with Crippen molar-refractivity contribution in [1.29, 1.82) is 0 Å². The lowest BCUT2D eigenvalue weighted by Crippen LogP contribution is -2.13. The van der Waals surface area contributed by atoms with Crippen molar-refractivity contribution in [3.8, 4) is 17.1 Å². The Balaban J connectivity index is 1.98. The third kappa shape index (κ3) is 4.07. The van der Waals surface area contributed by atoms with Crippen LogP contribution >= 0.6 is 11.6 Å². The summed E-state index contributed by atoms with van der Waals surface area (Å²) in [6.45, 7) is 0. The van der Waals surface area contributed by atoms with E-state index in [1.165, 1.54) is 49.6 Å². The van der Waals surface area contributed by atoms with Crippen LogP contribution in [0.4, 0.5) is 5.69 Å². The SMILES string of the molecule is COc1ccc(-c2ccc(C(=O)O)o2)cc1NS(=O)(=O)c1ccc(Cl)cc1. The summed E-state index contributed by atoms with van der Waals surface area (Å²) in [5.41, 5.74) is 0.662. The van der Waals surface area contributed by atoms with Crippen LogP contribution in [0.3, 0.4) is 0 Å². The van der Waals surface area contributed by atoms with Crippen molar-refractivity contribution in [2.24, 2.45) is 0 Å². The molecule has 2 aromatic carbocycles. The number of rotatable bonds is 6. The van der Waals surface area contributed by atoms with Crippen LogP contribution in [0.5, 0.6) is 5.75 Å². The van der Waals surface area contributed by atoms with Gasteiger partial charge in [-0.05, 0) is 54.6 Å². The molecule has 3 rings (SSSR count). The molecule has 0 amide bonds. The summed E-state index contributed by atoms with van der Waals surface area (Å²) in [6.07, 6.45) is 0. The number of halogens is 1. The van der Waals surface area contributed by atoms with E-state index >= 15 is 0 Å². The van der Waals surface area contributed by atoms with Gasteiger partial charge in [0.25, 0.3) is 10.0 Å². The fraction of sp³-hybridized carbons (Fsp3) is 0.0556. The van der Waals surface area contributed by atoms with Crippen LogP contribution in [-0.2, 0) is 10.0 Å². The average molecular weight is 408 g/mol. The topological polar surface area (TPSA) is 106 Å². The Morgan fingerprint density at radius 2 is 1.81 bits per heavy atom. The molecule has 0 aliphatic carbocycles. The van der Waals surface area contributed by atoms with E-state index in [0.717, 1.165) is 0 Å². The molecule has 0 saturated heterocycles. The van der Waals surface area contributed by atoms with Crippen LogP contribution in [0.1, 0.15) is 10.6 Å². The van der Waals surface area contributed by atoms with Gasteiger partial charge in [0.15, 0.2) is 0 Å². The molecule has 140 valence electrons. The lowest BCUT2D eigenvalue weighted by atomic mass is 10.1. The molecule has 0 fully saturated rings. The van der Waals surface area contributed by atoms with E-state index < -0.39 is 16.0 Å². The number of aromatic carboxylic acids is 1. The highest BCUT2D eigenvalue weighted by atomic mass is 35.5. The number of methoxy groups -OCH3 is 1. The first-order chi connectivity index (χ1) is 12.8. The minimum absolute atomic E-state index is 0.0329. The monoisotopic (exact) mass is 407 g/mol. The van der Waals surface area contributed by atoms with Crippen LogP contribution in [0.25, 0.3) is 11.3 Å². The maximum Gasteiger partial charge on any atom is 0.371 e. The van der Waals surface area contributed by atoms with Crippen molar-refractivity contribution in [2.45, 2.75) is 4.90 Å². The van der Waals surface area contributed by atoms with Gasteiger partial charge in [0.2, 0.25) is 5.76 Å². The van der Waals surface area contributed by atoms with Crippen molar-refractivity contribution < 1.29 is 27.5 Å². The second-order valence-corrected chi connectivity index (χ2v) is 7.56. The predicted octanol–water partition coefficient (Wildman–Crippen LogP) is 4.11. The number of carboxylic acids is 1. The van der Waals surface area contributed by atoms with E-state index in [-0.39, 0.29) is 22.1 Å². The Bertz CT molecular complexity index is 1090. The van der Waals surface area contributed by atoms with E-state index in [9.17, 15) is 13.2 Å². The van der Waals surface area contributed by atoms with E-state index in [1.54, 1.807) is 12.1 Å². The Hall–Kier alpha value is -2.97. The second kappa shape index (κ2) is 7.34. The van der Waals surface area contributed by atoms with E-state index in [1.807, 2.05) is 0 Å². The number of hydrogen-bond acceptors (Lipinski definition) is 5. The molecule has 0 radical (unpaired) electrons. The van der Waals surface area contributed by atoms with Gasteiger partial charge >= 0.3 is 5.97 Å². The second-order valence-electron chi connectivity index (χ2n) is 5.44. The van der Waals surface area contributed by atoms with Gasteiger partial charge in [-0.3, -0.25) is 4.72 Å². The van der Waals surface area contributed by atoms with Crippen molar-refractivity contribution in [3.63, 3.8) is 0 Å². The molecule has 0 bridgehead atoms. The molecule has 2 N–H and O–H groups in total. The summed E-state index contributed by atoms with van der Waals surface area (Å²) in [5.74, 6) is -0.842. The van der Waals surface area contributed by atoms with E-state index in [0.29, 0.717) is 16.3 Å². The predicted molar refractivity (Wildman–Crippen MR) is 99.9 cm³/mol. The summed E-state index contributed by atoms with van der Waals surface area (Å²) in [6, 6.07) is 13.2. The van der Waals surface area contributed by atoms with Gasteiger partial charge in [0, 0.05) is 10.6 Å². The molecule has 0 saturated carbocycles. The van der Waals surface area contributed by atoms with Crippen molar-refractivity contribution in [1.82, 2.24) is 0 Å². The number of nitrogens with one attached hydrogen (secondary N) is 1. The van der Waals surface area contributed by atoms with Crippen LogP contribution in [0.2, 0.25) is 5.02 Å². The first-order valence-electron chi connectivity index (χ1n) is 7.60. The molecule has 0 atom stereocenters. The minimum Gasteiger partial charge on any atom is -0.495 e. The van der Waals surface area contributed by atoms with Gasteiger partial charge in [-0.15, -0.1) is 0 Å². The Morgan fingerprint density at radius 3 is 2.41 bits per heavy atom. The zero-order valence-corrected chi connectivity index (χ0v) is 15.5. The van der Waals surface area contributed by atoms with Crippen molar-refractivity contribution in [3.05, 3.63) is 65.4 Å². The van der Waals surface area contributed by atoms with Gasteiger partial charge < -0.3 is 14.3 Å². The van der Waals surface area contributed by atoms with E-state index in [4.69, 9.17) is 25.9 Å². The summed E-state index contributed by atoms with van der Waals surface area (Å²) in [5, 5.41) is 9.38. The van der Waals surface area contributed by atoms with E-state index in [2.05, 4.69) is 4.72 Å². The quantitative estimate of drug-likeness (QED) is 0.637. The lowest BCUT2D eigenvalue weighted by molar-refractivity contribution is 0.0663. The molecule has 27 heavy (non-hydrogen) atoms. The first kappa shape index (κ1) is 18.8. The standard InChI is InChI=1S/C18H14ClNO6S/c1-25-16-7-2-11(15-8-9-17(26-15)18(21)22)10-14(16)20-27(23,24)13-5-3-12(19)4-6-13/h2-10,20H,1H3,(H,21,22). The highest BCUT2D eigenvalue weighted by Crippen LogP contribution is 2.33. The molecule has 0 spiro atoms. The van der Waals surface area contributed by atoms with Crippen LogP contribution in [-0.4, -0.2) is 26.6 Å². The zero-order valence-electron chi connectivity index (χ0n) is 14.0. The number of furan rings is 1. The Morgan fingerprint density at radius 1 is 1.11 bits per heavy atom. The summed E-state index contributed by atoms with van der Waals surface area (Å²) in [4.78, 5) is 11.0. The van der Waals surface area contributed by atoms with Crippen molar-refractivity contribution >= 4 is 33.3 Å². The van der Waals surface area contributed by atoms with Crippen LogP contribution in [0.15, 0.2) is 63.9 Å². The normalized spacial score (nSPS) is 11.2. The molecule has 1 heterocycles. The molecule has 0 aliphatic rings. The molecule has 9 heteroatoms. The summed E-state index contributed by atoms with van der Waals surface area (Å²) in [7, 11) is -2.48. The fourth-order valence-corrected chi connectivity index (χ4v) is 3.55. The molecule has 7 nitrogen and oxygen atoms in total. The maximum atomic E-state index is 12.6. The zero-order chi connectivity index (χ0) is 19.6. The van der Waals surface area contributed by atoms with Gasteiger partial charge in [-0.2, -0.15) is 0 Å². The number of anilines is 1. The summed E-state index contributed by atoms with van der Waals surface area (Å²) >= 11 is 5.80. The highest BCUT2D eigenvalue weighted by molar-refractivity contribution is 7.92. The number of carbonyl (C=O) groups is 1. The number of carboxylic acid groups (broad SMARTS) is 1. The third-order valence-electron chi connectivity index (χ3n) is 3.67. The number of ether oxygens (including phenoxy) is 1. The van der Waals surface area contributed by atoms with Crippen LogP contribution < -0.4 is 9.46 Å². The number of hydrogen-bond donors (Lipinski definition) is 2. The van der Waals surface area contributed by atoms with Crippen LogP contribution in [0, 0.1) is 0 Å². The fourth-order valence-electron chi connectivity index (χ4n) is 2.37. The van der Waals surface area contributed by atoms with Gasteiger partial charge in [0.1, 0.15) is 11.5 Å². The largest absolute Gasteiger partial charge is 0.495 e. The average Bonchev–Trinajstić information content (AvgIpc) is 3.12. The molecular formula is C18H14ClNO6S. The summed E-state index contributed by atoms with van der Waals surface area (Å²) < 4.78 is 38.1. The Labute approximate surface area is 160 Å². The molecule has 0 aliphatic heterocycles. The molecular weight excluding hydrogens is 394 g/mol. The molecule has 0 unspecified atom stereocenters. The maximum absolute atomic E-state index is 12.6. The first-order valence-corrected chi connectivity index (χ1v) is 9.46. The minimum atomic E-state index is -3.88. The third-order valence-corrected chi connectivity index (χ3v) is 5.30. The lowest BCUT2D eigenvalue weighted by Gasteiger charge is -2.13. The van der Waals surface area contributed by atoms with Gasteiger partial charge in [-0.25, -0.2) is 13.2 Å². The van der Waals surface area contributed by atoms with Crippen molar-refractivity contribution in [2.75, 3.05) is 11.8 Å². The smallest absolute Gasteiger partial charge is 0.371 e. The number of benzene rings is 2. The highest BCUT2D eigenvalue weighted by Gasteiger charge is 2.18. The molecule has 1 aromatic heterocycles. The Kier molecular flexibility index (Phi) is 5.11. The van der Waals surface area contributed by atoms with Gasteiger partial charge in [0.05, 0.1) is 17.7 Å². The number of sulfonamides is 1.